The Morgan fingerprint density at radius 2 is 2.04 bits per heavy atom. The van der Waals surface area contributed by atoms with Crippen LogP contribution in [0.3, 0.4) is 0 Å². The van der Waals surface area contributed by atoms with Crippen LogP contribution >= 0.6 is 0 Å². The minimum absolute atomic E-state index is 0.134. The second-order valence-electron chi connectivity index (χ2n) is 5.72. The van der Waals surface area contributed by atoms with Gasteiger partial charge in [0.15, 0.2) is 12.4 Å². The Morgan fingerprint density at radius 3 is 2.58 bits per heavy atom. The number of nitrogen functional groups attached to an aromatic ring is 1. The molecule has 1 aromatic carbocycles. The van der Waals surface area contributed by atoms with Crippen LogP contribution < -0.4 is 11.4 Å². The fourth-order valence-electron chi connectivity index (χ4n) is 2.73. The molecule has 10 nitrogen and oxygen atoms in total. The minimum Gasteiger partial charge on any atom is -0.394 e. The summed E-state index contributed by atoms with van der Waals surface area (Å²) in [7, 11) is 0. The van der Waals surface area contributed by atoms with E-state index >= 15 is 0 Å². The van der Waals surface area contributed by atoms with Gasteiger partial charge >= 0.3 is 5.69 Å². The quantitative estimate of drug-likeness (QED) is 0.504. The van der Waals surface area contributed by atoms with Crippen molar-refractivity contribution in [3.63, 3.8) is 0 Å². The molecule has 0 aliphatic carbocycles. The molecular weight excluding hydrogens is 351 g/mol. The number of anilines is 1. The minimum atomic E-state index is -1.96. The molecule has 0 amide bonds. The Hall–Kier alpha value is -2.89. The number of nitro benzene ring substituents is 1. The van der Waals surface area contributed by atoms with Gasteiger partial charge < -0.3 is 20.7 Å². The number of benzene rings is 1. The fraction of sp³-hybridized carbons (Fsp3) is 0.333. The zero-order valence-corrected chi connectivity index (χ0v) is 13.2. The second kappa shape index (κ2) is 6.78. The van der Waals surface area contributed by atoms with Crippen molar-refractivity contribution >= 4 is 11.5 Å². The van der Waals surface area contributed by atoms with Crippen molar-refractivity contribution < 1.29 is 24.3 Å². The molecule has 1 saturated heterocycles. The lowest BCUT2D eigenvalue weighted by atomic mass is 10.1. The van der Waals surface area contributed by atoms with Crippen LogP contribution in [0, 0.1) is 10.1 Å². The van der Waals surface area contributed by atoms with E-state index in [0.717, 1.165) is 4.57 Å². The van der Waals surface area contributed by atoms with E-state index in [0.29, 0.717) is 5.56 Å². The molecule has 0 radical (unpaired) electrons. The zero-order chi connectivity index (χ0) is 19.0. The lowest BCUT2D eigenvalue weighted by molar-refractivity contribution is -0.384. The number of ether oxygens (including phenoxy) is 1. The highest BCUT2D eigenvalue weighted by Gasteiger charge is 2.45. The standard InChI is InChI=1S/C15H15FN4O6/c16-11-12(22)10(6-21)26-14(11)19-5-9(13(17)18-15(19)23)7-1-3-8(4-2-7)20(24)25/h1-5,10-12,14,21-22H,6H2,(H2,17,18,23)/t10-,11+,12-,14-/m1/s1. The van der Waals surface area contributed by atoms with Crippen molar-refractivity contribution in [2.24, 2.45) is 0 Å². The Bertz CT molecular complexity index is 887. The van der Waals surface area contributed by atoms with Gasteiger partial charge in [0.05, 0.1) is 11.5 Å². The SMILES string of the molecule is Nc1nc(=O)n([C@@H]2O[C@H](CO)[C@@H](O)[C@@H]2F)cc1-c1ccc([N+](=O)[O-])cc1. The molecule has 1 fully saturated rings. The number of rotatable bonds is 4. The summed E-state index contributed by atoms with van der Waals surface area (Å²) in [5.74, 6) is -0.146. The molecule has 1 aliphatic heterocycles. The third kappa shape index (κ3) is 3.03. The number of halogens is 1. The highest BCUT2D eigenvalue weighted by Crippen LogP contribution is 2.32. The first-order valence-electron chi connectivity index (χ1n) is 7.55. The molecule has 11 heteroatoms. The van der Waals surface area contributed by atoms with Crippen molar-refractivity contribution in [2.75, 3.05) is 12.3 Å². The zero-order valence-electron chi connectivity index (χ0n) is 13.2. The predicted molar refractivity (Wildman–Crippen MR) is 86.9 cm³/mol. The normalized spacial score (nSPS) is 25.3. The van der Waals surface area contributed by atoms with Crippen LogP contribution in [0.15, 0.2) is 35.3 Å². The van der Waals surface area contributed by atoms with E-state index in [4.69, 9.17) is 15.6 Å². The van der Waals surface area contributed by atoms with Crippen LogP contribution in [-0.4, -0.2) is 49.7 Å². The number of aliphatic hydroxyl groups is 2. The Labute approximate surface area is 145 Å². The van der Waals surface area contributed by atoms with Crippen LogP contribution in [-0.2, 0) is 4.74 Å². The average molecular weight is 366 g/mol. The first-order chi connectivity index (χ1) is 12.3. The molecule has 0 saturated carbocycles. The molecule has 1 aromatic heterocycles. The van der Waals surface area contributed by atoms with Gasteiger partial charge in [-0.25, -0.2) is 9.18 Å². The van der Waals surface area contributed by atoms with Crippen molar-refractivity contribution in [3.8, 4) is 11.1 Å². The van der Waals surface area contributed by atoms with E-state index in [2.05, 4.69) is 4.98 Å². The first kappa shape index (κ1) is 17.9. The average Bonchev–Trinajstić information content (AvgIpc) is 2.90. The van der Waals surface area contributed by atoms with Crippen molar-refractivity contribution in [1.29, 1.82) is 0 Å². The van der Waals surface area contributed by atoms with E-state index in [-0.39, 0.29) is 17.1 Å². The predicted octanol–water partition coefficient (Wildman–Crippen LogP) is -0.0106. The number of non-ortho nitro benzene ring substituents is 1. The monoisotopic (exact) mass is 366 g/mol. The van der Waals surface area contributed by atoms with Gasteiger partial charge in [-0.3, -0.25) is 14.7 Å². The summed E-state index contributed by atoms with van der Waals surface area (Å²) >= 11 is 0. The molecule has 138 valence electrons. The van der Waals surface area contributed by atoms with Gasteiger partial charge in [-0.1, -0.05) is 0 Å². The summed E-state index contributed by atoms with van der Waals surface area (Å²) in [4.78, 5) is 25.9. The molecule has 26 heavy (non-hydrogen) atoms. The van der Waals surface area contributed by atoms with Crippen LogP contribution in [0.4, 0.5) is 15.9 Å². The number of nitrogens with two attached hydrogens (primary N) is 1. The summed E-state index contributed by atoms with van der Waals surface area (Å²) in [5.41, 5.74) is 5.37. The van der Waals surface area contributed by atoms with E-state index in [1.54, 1.807) is 0 Å². The maximum atomic E-state index is 14.3. The number of hydrogen-bond acceptors (Lipinski definition) is 8. The molecular formula is C15H15FN4O6. The summed E-state index contributed by atoms with van der Waals surface area (Å²) in [6.45, 7) is -0.621. The highest BCUT2D eigenvalue weighted by atomic mass is 19.1. The molecule has 1 aliphatic rings. The van der Waals surface area contributed by atoms with Crippen LogP contribution in [0.1, 0.15) is 6.23 Å². The van der Waals surface area contributed by atoms with Crippen LogP contribution in [0.5, 0.6) is 0 Å². The van der Waals surface area contributed by atoms with Gasteiger partial charge in [0.2, 0.25) is 0 Å². The molecule has 0 unspecified atom stereocenters. The number of hydrogen-bond donors (Lipinski definition) is 3. The third-order valence-electron chi connectivity index (χ3n) is 4.12. The number of nitrogens with zero attached hydrogens (tertiary/aromatic N) is 3. The molecule has 4 atom stereocenters. The van der Waals surface area contributed by atoms with Crippen molar-refractivity contribution in [1.82, 2.24) is 9.55 Å². The summed E-state index contributed by atoms with van der Waals surface area (Å²) in [6, 6.07) is 5.32. The van der Waals surface area contributed by atoms with Crippen LogP contribution in [0.25, 0.3) is 11.1 Å². The van der Waals surface area contributed by atoms with Gasteiger partial charge in [-0.05, 0) is 17.7 Å². The lowest BCUT2D eigenvalue weighted by Crippen LogP contribution is -2.33. The molecule has 2 heterocycles. The van der Waals surface area contributed by atoms with E-state index < -0.39 is 41.8 Å². The first-order valence-corrected chi connectivity index (χ1v) is 7.55. The van der Waals surface area contributed by atoms with Gasteiger partial charge in [0.25, 0.3) is 5.69 Å². The summed E-state index contributed by atoms with van der Waals surface area (Å²) in [5, 5.41) is 29.6. The van der Waals surface area contributed by atoms with Crippen molar-refractivity contribution in [3.05, 3.63) is 51.1 Å². The number of aromatic nitrogens is 2. The van der Waals surface area contributed by atoms with E-state index in [9.17, 15) is 24.4 Å². The van der Waals surface area contributed by atoms with Gasteiger partial charge in [0.1, 0.15) is 18.0 Å². The molecule has 0 bridgehead atoms. The lowest BCUT2D eigenvalue weighted by Gasteiger charge is -2.17. The second-order valence-corrected chi connectivity index (χ2v) is 5.72. The van der Waals surface area contributed by atoms with Crippen molar-refractivity contribution in [2.45, 2.75) is 24.6 Å². The third-order valence-corrected chi connectivity index (χ3v) is 4.12. The number of alkyl halides is 1. The Kier molecular flexibility index (Phi) is 4.68. The molecule has 0 spiro atoms. The smallest absolute Gasteiger partial charge is 0.351 e. The summed E-state index contributed by atoms with van der Waals surface area (Å²) in [6.07, 6.45) is -5.02. The molecule has 4 N–H and O–H groups in total. The number of aliphatic hydroxyl groups excluding tert-OH is 2. The molecule has 2 aromatic rings. The Morgan fingerprint density at radius 1 is 1.38 bits per heavy atom. The van der Waals surface area contributed by atoms with Gasteiger partial charge in [0, 0.05) is 23.9 Å². The maximum absolute atomic E-state index is 14.3. The van der Waals surface area contributed by atoms with Crippen LogP contribution in [0.2, 0.25) is 0 Å². The van der Waals surface area contributed by atoms with E-state index in [1.807, 2.05) is 0 Å². The van der Waals surface area contributed by atoms with E-state index in [1.165, 1.54) is 30.5 Å². The topological polar surface area (TPSA) is 154 Å². The largest absolute Gasteiger partial charge is 0.394 e. The summed E-state index contributed by atoms with van der Waals surface area (Å²) < 4.78 is 20.3. The fourth-order valence-corrected chi connectivity index (χ4v) is 2.73. The highest BCUT2D eigenvalue weighted by molar-refractivity contribution is 5.73. The number of nitro groups is 1. The molecule has 3 rings (SSSR count). The maximum Gasteiger partial charge on any atom is 0.351 e. The van der Waals surface area contributed by atoms with Gasteiger partial charge in [-0.15, -0.1) is 0 Å². The Balaban J connectivity index is 2.03. The van der Waals surface area contributed by atoms with Gasteiger partial charge in [-0.2, -0.15) is 4.98 Å².